The van der Waals surface area contributed by atoms with Crippen molar-refractivity contribution >= 4 is 23.1 Å². The van der Waals surface area contributed by atoms with Crippen LogP contribution in [0.3, 0.4) is 0 Å². The lowest BCUT2D eigenvalue weighted by Gasteiger charge is -2.20. The summed E-state index contributed by atoms with van der Waals surface area (Å²) in [6.07, 6.45) is -2.96. The van der Waals surface area contributed by atoms with E-state index >= 15 is 0 Å². The van der Waals surface area contributed by atoms with Crippen molar-refractivity contribution in [2.45, 2.75) is 26.9 Å². The van der Waals surface area contributed by atoms with Crippen molar-refractivity contribution in [3.8, 4) is 11.3 Å². The van der Waals surface area contributed by atoms with Gasteiger partial charge in [0.15, 0.2) is 5.65 Å². The number of hydrogen-bond acceptors (Lipinski definition) is 4. The van der Waals surface area contributed by atoms with Crippen LogP contribution in [0, 0.1) is 5.41 Å². The number of benzene rings is 1. The van der Waals surface area contributed by atoms with Crippen LogP contribution in [0.25, 0.3) is 16.9 Å². The molecule has 1 aromatic carbocycles. The van der Waals surface area contributed by atoms with Crippen LogP contribution in [0.1, 0.15) is 26.3 Å². The Bertz CT molecular complexity index is 1060. The van der Waals surface area contributed by atoms with Gasteiger partial charge in [-0.1, -0.05) is 26.8 Å². The van der Waals surface area contributed by atoms with Crippen LogP contribution in [-0.4, -0.2) is 34.6 Å². The maximum atomic E-state index is 13.4. The lowest BCUT2D eigenvalue weighted by Crippen LogP contribution is -2.28. The van der Waals surface area contributed by atoms with Crippen molar-refractivity contribution in [1.82, 2.24) is 14.6 Å². The van der Waals surface area contributed by atoms with Crippen molar-refractivity contribution in [2.75, 3.05) is 24.3 Å². The fourth-order valence-corrected chi connectivity index (χ4v) is 2.61. The third kappa shape index (κ3) is 4.33. The first-order chi connectivity index (χ1) is 13.4. The Morgan fingerprint density at radius 1 is 1.10 bits per heavy atom. The van der Waals surface area contributed by atoms with E-state index in [1.54, 1.807) is 43.6 Å². The van der Waals surface area contributed by atoms with E-state index in [-0.39, 0.29) is 5.69 Å². The number of anilines is 2. The minimum Gasteiger partial charge on any atom is -0.361 e. The zero-order chi connectivity index (χ0) is 21.6. The highest BCUT2D eigenvalue weighted by Gasteiger charge is 2.35. The molecule has 9 heteroatoms. The largest absolute Gasteiger partial charge is 0.418 e. The van der Waals surface area contributed by atoms with E-state index in [9.17, 15) is 18.0 Å². The van der Waals surface area contributed by atoms with Gasteiger partial charge in [0.05, 0.1) is 23.1 Å². The minimum absolute atomic E-state index is 0.297. The van der Waals surface area contributed by atoms with Gasteiger partial charge in [0.25, 0.3) is 0 Å². The average molecular weight is 405 g/mol. The van der Waals surface area contributed by atoms with Crippen molar-refractivity contribution in [1.29, 1.82) is 0 Å². The Morgan fingerprint density at radius 2 is 1.79 bits per heavy atom. The number of imidazole rings is 1. The van der Waals surface area contributed by atoms with E-state index in [4.69, 9.17) is 0 Å². The molecule has 29 heavy (non-hydrogen) atoms. The third-order valence-electron chi connectivity index (χ3n) is 4.31. The molecule has 1 N–H and O–H groups in total. The van der Waals surface area contributed by atoms with Gasteiger partial charge in [-0.15, -0.1) is 5.10 Å². The van der Waals surface area contributed by atoms with E-state index in [0.717, 1.165) is 6.07 Å². The molecule has 1 amide bonds. The van der Waals surface area contributed by atoms with Crippen LogP contribution in [0.5, 0.6) is 0 Å². The molecule has 0 saturated carbocycles. The van der Waals surface area contributed by atoms with Crippen molar-refractivity contribution in [3.63, 3.8) is 0 Å². The summed E-state index contributed by atoms with van der Waals surface area (Å²) < 4.78 is 41.9. The molecule has 0 spiro atoms. The van der Waals surface area contributed by atoms with E-state index in [2.05, 4.69) is 15.4 Å². The third-order valence-corrected chi connectivity index (χ3v) is 4.31. The monoisotopic (exact) mass is 405 g/mol. The second kappa shape index (κ2) is 7.06. The Morgan fingerprint density at radius 3 is 2.38 bits per heavy atom. The molecule has 0 atom stereocenters. The van der Waals surface area contributed by atoms with Gasteiger partial charge in [-0.05, 0) is 24.3 Å². The highest BCUT2D eigenvalue weighted by molar-refractivity contribution is 5.96. The fraction of sp³-hybridized carbons (Fsp3) is 0.350. The second-order valence-electron chi connectivity index (χ2n) is 7.98. The van der Waals surface area contributed by atoms with Crippen molar-refractivity contribution < 1.29 is 18.0 Å². The Hall–Kier alpha value is -3.10. The van der Waals surface area contributed by atoms with Gasteiger partial charge in [0.1, 0.15) is 5.82 Å². The number of carbonyl (C=O) groups excluding carboxylic acids is 1. The number of carbonyl (C=O) groups is 1. The molecule has 2 heterocycles. The van der Waals surface area contributed by atoms with E-state index in [0.29, 0.717) is 22.7 Å². The van der Waals surface area contributed by atoms with Crippen LogP contribution in [-0.2, 0) is 11.0 Å². The number of alkyl halides is 3. The molecular formula is C20H22F3N5O. The molecule has 0 radical (unpaired) electrons. The van der Waals surface area contributed by atoms with E-state index in [1.165, 1.54) is 12.1 Å². The summed E-state index contributed by atoms with van der Waals surface area (Å²) >= 11 is 0. The maximum absolute atomic E-state index is 13.4. The van der Waals surface area contributed by atoms with Gasteiger partial charge >= 0.3 is 6.18 Å². The van der Waals surface area contributed by atoms with Crippen LogP contribution in [0.15, 0.2) is 36.5 Å². The molecular weight excluding hydrogens is 383 g/mol. The number of fused-ring (bicyclic) bond motifs is 1. The summed E-state index contributed by atoms with van der Waals surface area (Å²) in [6, 6.07) is 7.16. The molecule has 6 nitrogen and oxygen atoms in total. The lowest BCUT2D eigenvalue weighted by molar-refractivity contribution is -0.137. The maximum Gasteiger partial charge on any atom is 0.418 e. The molecule has 3 rings (SSSR count). The number of amides is 1. The summed E-state index contributed by atoms with van der Waals surface area (Å²) in [5.41, 5.74) is -0.586. The van der Waals surface area contributed by atoms with Crippen LogP contribution >= 0.6 is 0 Å². The van der Waals surface area contributed by atoms with Gasteiger partial charge in [-0.2, -0.15) is 13.2 Å². The predicted molar refractivity (Wildman–Crippen MR) is 106 cm³/mol. The minimum atomic E-state index is -4.60. The Kier molecular flexibility index (Phi) is 5.02. The molecule has 2 aromatic heterocycles. The van der Waals surface area contributed by atoms with Crippen LogP contribution < -0.4 is 10.2 Å². The Labute approximate surface area is 166 Å². The van der Waals surface area contributed by atoms with Crippen LogP contribution in [0.4, 0.5) is 24.7 Å². The first-order valence-corrected chi connectivity index (χ1v) is 8.93. The fourth-order valence-electron chi connectivity index (χ4n) is 2.61. The number of hydrogen-bond donors (Lipinski definition) is 1. The summed E-state index contributed by atoms with van der Waals surface area (Å²) in [5, 5.41) is 6.82. The summed E-state index contributed by atoms with van der Waals surface area (Å²) in [7, 11) is 3.71. The van der Waals surface area contributed by atoms with Gasteiger partial charge in [-0.25, -0.2) is 9.50 Å². The van der Waals surface area contributed by atoms with Gasteiger partial charge in [-0.3, -0.25) is 4.79 Å². The quantitative estimate of drug-likeness (QED) is 0.699. The SMILES string of the molecule is CN(C)c1ccc2nc(-c3ccc(C(F)(F)F)c(NC(=O)C(C)(C)C)c3)cn2n1. The van der Waals surface area contributed by atoms with E-state index < -0.39 is 23.1 Å². The van der Waals surface area contributed by atoms with Crippen molar-refractivity contribution in [3.05, 3.63) is 42.1 Å². The lowest BCUT2D eigenvalue weighted by atomic mass is 9.95. The molecule has 0 aliphatic carbocycles. The zero-order valence-electron chi connectivity index (χ0n) is 16.8. The first kappa shape index (κ1) is 20.6. The van der Waals surface area contributed by atoms with E-state index in [1.807, 2.05) is 19.0 Å². The number of nitrogens with one attached hydrogen (secondary N) is 1. The molecule has 0 unspecified atom stereocenters. The molecule has 0 saturated heterocycles. The number of rotatable bonds is 3. The second-order valence-corrected chi connectivity index (χ2v) is 7.98. The standard InChI is InChI=1S/C20H22F3N5O/c1-19(2,3)18(29)25-14-10-12(6-7-13(14)20(21,22)23)15-11-28-16(24-15)8-9-17(26-28)27(4)5/h6-11H,1-5H3,(H,25,29). The smallest absolute Gasteiger partial charge is 0.361 e. The zero-order valence-corrected chi connectivity index (χ0v) is 16.8. The predicted octanol–water partition coefficient (Wildman–Crippen LogP) is 4.47. The van der Waals surface area contributed by atoms with Crippen LogP contribution in [0.2, 0.25) is 0 Å². The number of aromatic nitrogens is 3. The molecule has 0 fully saturated rings. The number of halogens is 3. The average Bonchev–Trinajstić information content (AvgIpc) is 3.03. The van der Waals surface area contributed by atoms with Gasteiger partial charge in [0, 0.05) is 25.1 Å². The van der Waals surface area contributed by atoms with Gasteiger partial charge < -0.3 is 10.2 Å². The first-order valence-electron chi connectivity index (χ1n) is 8.93. The summed E-state index contributed by atoms with van der Waals surface area (Å²) in [5.74, 6) is 0.208. The molecule has 3 aromatic rings. The summed E-state index contributed by atoms with van der Waals surface area (Å²) in [4.78, 5) is 18.6. The highest BCUT2D eigenvalue weighted by atomic mass is 19.4. The molecule has 154 valence electrons. The highest BCUT2D eigenvalue weighted by Crippen LogP contribution is 2.37. The van der Waals surface area contributed by atoms with Crippen molar-refractivity contribution in [2.24, 2.45) is 5.41 Å². The summed E-state index contributed by atoms with van der Waals surface area (Å²) in [6.45, 7) is 4.90. The molecule has 0 bridgehead atoms. The molecule has 0 aliphatic rings. The Balaban J connectivity index is 2.07. The topological polar surface area (TPSA) is 62.5 Å². The van der Waals surface area contributed by atoms with Gasteiger partial charge in [0.2, 0.25) is 5.91 Å². The molecule has 0 aliphatic heterocycles. The normalized spacial score (nSPS) is 12.3. The number of nitrogens with zero attached hydrogens (tertiary/aromatic N) is 4.